The molecule has 0 spiro atoms. The van der Waals surface area contributed by atoms with E-state index in [1.807, 2.05) is 19.1 Å². The van der Waals surface area contributed by atoms with Crippen molar-refractivity contribution < 1.29 is 4.79 Å². The zero-order valence-corrected chi connectivity index (χ0v) is 13.5. The molecule has 21 heavy (non-hydrogen) atoms. The third-order valence-electron chi connectivity index (χ3n) is 4.21. The Morgan fingerprint density at radius 2 is 2.14 bits per heavy atom. The average molecular weight is 289 g/mol. The van der Waals surface area contributed by atoms with Gasteiger partial charge in [0.25, 0.3) is 5.91 Å². The van der Waals surface area contributed by atoms with Crippen LogP contribution in [0.2, 0.25) is 0 Å². The molecule has 1 N–H and O–H groups in total. The van der Waals surface area contributed by atoms with E-state index >= 15 is 0 Å². The van der Waals surface area contributed by atoms with Crippen LogP contribution >= 0.6 is 0 Å². The Morgan fingerprint density at radius 3 is 2.81 bits per heavy atom. The monoisotopic (exact) mass is 289 g/mol. The summed E-state index contributed by atoms with van der Waals surface area (Å²) >= 11 is 0. The molecule has 2 heterocycles. The fourth-order valence-corrected chi connectivity index (χ4v) is 2.70. The largest absolute Gasteiger partial charge is 0.357 e. The number of anilines is 1. The molecule has 0 unspecified atom stereocenters. The predicted molar refractivity (Wildman–Crippen MR) is 86.7 cm³/mol. The Kier molecular flexibility index (Phi) is 5.21. The van der Waals surface area contributed by atoms with Crippen molar-refractivity contribution in [1.82, 2.24) is 10.3 Å². The first-order chi connectivity index (χ1) is 10.0. The molecular weight excluding hydrogens is 262 g/mol. The molecule has 2 rings (SSSR count). The Labute approximate surface area is 127 Å². The molecule has 1 aromatic heterocycles. The van der Waals surface area contributed by atoms with Crippen molar-refractivity contribution in [2.75, 3.05) is 24.5 Å². The summed E-state index contributed by atoms with van der Waals surface area (Å²) in [5, 5.41) is 2.88. The van der Waals surface area contributed by atoms with Crippen LogP contribution in [0.3, 0.4) is 0 Å². The van der Waals surface area contributed by atoms with Gasteiger partial charge in [0, 0.05) is 25.8 Å². The summed E-state index contributed by atoms with van der Waals surface area (Å²) in [6.07, 6.45) is 6.29. The van der Waals surface area contributed by atoms with Crippen LogP contribution in [0.15, 0.2) is 18.3 Å². The number of pyridine rings is 1. The quantitative estimate of drug-likeness (QED) is 0.925. The van der Waals surface area contributed by atoms with E-state index < -0.39 is 0 Å². The molecule has 1 fully saturated rings. The number of hydrogen-bond donors (Lipinski definition) is 1. The van der Waals surface area contributed by atoms with Gasteiger partial charge in [0.05, 0.1) is 5.56 Å². The first kappa shape index (κ1) is 15.8. The fraction of sp³-hybridized carbons (Fsp3) is 0.647. The molecule has 1 saturated heterocycles. The minimum atomic E-state index is -0.0344. The zero-order valence-electron chi connectivity index (χ0n) is 13.5. The predicted octanol–water partition coefficient (Wildman–Crippen LogP) is 3.24. The van der Waals surface area contributed by atoms with Gasteiger partial charge in [0.2, 0.25) is 0 Å². The van der Waals surface area contributed by atoms with Gasteiger partial charge in [0.15, 0.2) is 0 Å². The molecule has 4 nitrogen and oxygen atoms in total. The summed E-state index contributed by atoms with van der Waals surface area (Å²) in [4.78, 5) is 18.7. The zero-order chi connectivity index (χ0) is 15.3. The molecule has 1 amide bonds. The van der Waals surface area contributed by atoms with Gasteiger partial charge in [-0.1, -0.05) is 20.8 Å². The van der Waals surface area contributed by atoms with Gasteiger partial charge in [-0.3, -0.25) is 4.79 Å². The second-order valence-corrected chi connectivity index (χ2v) is 6.67. The van der Waals surface area contributed by atoms with Gasteiger partial charge in [-0.15, -0.1) is 0 Å². The summed E-state index contributed by atoms with van der Waals surface area (Å²) in [6.45, 7) is 9.53. The van der Waals surface area contributed by atoms with E-state index in [1.54, 1.807) is 6.20 Å². The van der Waals surface area contributed by atoms with Crippen molar-refractivity contribution >= 4 is 11.7 Å². The maximum Gasteiger partial charge on any atom is 0.252 e. The Bertz CT molecular complexity index is 467. The molecular formula is C17H27N3O. The smallest absolute Gasteiger partial charge is 0.252 e. The lowest BCUT2D eigenvalue weighted by molar-refractivity contribution is 0.0953. The number of amides is 1. The Hall–Kier alpha value is -1.58. The van der Waals surface area contributed by atoms with Crippen molar-refractivity contribution in [1.29, 1.82) is 0 Å². The van der Waals surface area contributed by atoms with Crippen LogP contribution < -0.4 is 10.2 Å². The number of carbonyl (C=O) groups is 1. The van der Waals surface area contributed by atoms with Crippen LogP contribution in [-0.4, -0.2) is 30.5 Å². The van der Waals surface area contributed by atoms with Crippen molar-refractivity contribution in [2.24, 2.45) is 5.41 Å². The summed E-state index contributed by atoms with van der Waals surface area (Å²) in [5.74, 6) is 0.952. The van der Waals surface area contributed by atoms with Crippen LogP contribution in [0.25, 0.3) is 0 Å². The van der Waals surface area contributed by atoms with E-state index in [-0.39, 0.29) is 5.91 Å². The summed E-state index contributed by atoms with van der Waals surface area (Å²) in [7, 11) is 0. The Balaban J connectivity index is 2.00. The van der Waals surface area contributed by atoms with Crippen molar-refractivity contribution in [3.8, 4) is 0 Å². The van der Waals surface area contributed by atoms with Crippen LogP contribution in [0.1, 0.15) is 56.8 Å². The molecule has 0 bridgehead atoms. The number of aromatic nitrogens is 1. The van der Waals surface area contributed by atoms with E-state index in [1.165, 1.54) is 19.3 Å². The molecule has 1 aliphatic heterocycles. The third-order valence-corrected chi connectivity index (χ3v) is 4.21. The molecule has 1 aromatic rings. The van der Waals surface area contributed by atoms with Gasteiger partial charge in [-0.25, -0.2) is 4.98 Å². The fourth-order valence-electron chi connectivity index (χ4n) is 2.70. The second-order valence-electron chi connectivity index (χ2n) is 6.67. The number of hydrogen-bond acceptors (Lipinski definition) is 3. The lowest BCUT2D eigenvalue weighted by Crippen LogP contribution is -2.27. The minimum Gasteiger partial charge on any atom is -0.357 e. The highest BCUT2D eigenvalue weighted by Gasteiger charge is 2.23. The number of carbonyl (C=O) groups excluding carboxylic acids is 1. The topological polar surface area (TPSA) is 45.2 Å². The van der Waals surface area contributed by atoms with Gasteiger partial charge in [0.1, 0.15) is 5.82 Å². The first-order valence-electron chi connectivity index (χ1n) is 8.01. The van der Waals surface area contributed by atoms with Gasteiger partial charge >= 0.3 is 0 Å². The van der Waals surface area contributed by atoms with E-state index in [9.17, 15) is 4.79 Å². The van der Waals surface area contributed by atoms with Crippen molar-refractivity contribution in [2.45, 2.75) is 46.5 Å². The summed E-state index contributed by atoms with van der Waals surface area (Å²) in [6, 6.07) is 3.85. The number of rotatable bonds is 4. The third kappa shape index (κ3) is 4.45. The standard InChI is InChI=1S/C17H27N3O/c1-4-10-18-16(21)14-6-7-15(19-13-14)20-11-5-8-17(2,3)9-12-20/h6-7,13H,4-5,8-12H2,1-3H3,(H,18,21). The molecule has 0 atom stereocenters. The molecule has 0 radical (unpaired) electrons. The highest BCUT2D eigenvalue weighted by Crippen LogP contribution is 2.31. The van der Waals surface area contributed by atoms with E-state index in [2.05, 4.69) is 29.0 Å². The minimum absolute atomic E-state index is 0.0344. The molecule has 1 aliphatic rings. The second kappa shape index (κ2) is 6.92. The van der Waals surface area contributed by atoms with Crippen LogP contribution in [0.5, 0.6) is 0 Å². The summed E-state index contributed by atoms with van der Waals surface area (Å²) in [5.41, 5.74) is 1.07. The van der Waals surface area contributed by atoms with Crippen LogP contribution in [-0.2, 0) is 0 Å². The SMILES string of the molecule is CCCNC(=O)c1ccc(N2CCCC(C)(C)CC2)nc1. The Morgan fingerprint density at radius 1 is 1.33 bits per heavy atom. The van der Waals surface area contributed by atoms with E-state index in [0.29, 0.717) is 17.5 Å². The number of nitrogens with one attached hydrogen (secondary N) is 1. The normalized spacial score (nSPS) is 18.1. The molecule has 4 heteroatoms. The van der Waals surface area contributed by atoms with E-state index in [4.69, 9.17) is 0 Å². The van der Waals surface area contributed by atoms with E-state index in [0.717, 1.165) is 25.3 Å². The highest BCUT2D eigenvalue weighted by atomic mass is 16.1. The highest BCUT2D eigenvalue weighted by molar-refractivity contribution is 5.94. The maximum absolute atomic E-state index is 11.9. The van der Waals surface area contributed by atoms with Gasteiger partial charge in [-0.05, 0) is 43.2 Å². The number of nitrogens with zero attached hydrogens (tertiary/aromatic N) is 2. The van der Waals surface area contributed by atoms with Crippen LogP contribution in [0.4, 0.5) is 5.82 Å². The van der Waals surface area contributed by atoms with Crippen molar-refractivity contribution in [3.05, 3.63) is 23.9 Å². The van der Waals surface area contributed by atoms with Gasteiger partial charge < -0.3 is 10.2 Å². The van der Waals surface area contributed by atoms with Crippen LogP contribution in [0, 0.1) is 5.41 Å². The lowest BCUT2D eigenvalue weighted by atomic mass is 9.85. The maximum atomic E-state index is 11.9. The van der Waals surface area contributed by atoms with Gasteiger partial charge in [-0.2, -0.15) is 0 Å². The van der Waals surface area contributed by atoms with Crippen molar-refractivity contribution in [3.63, 3.8) is 0 Å². The molecule has 0 saturated carbocycles. The molecule has 116 valence electrons. The lowest BCUT2D eigenvalue weighted by Gasteiger charge is -2.24. The molecule has 0 aliphatic carbocycles. The first-order valence-corrected chi connectivity index (χ1v) is 8.01. The summed E-state index contributed by atoms with van der Waals surface area (Å²) < 4.78 is 0. The molecule has 0 aromatic carbocycles. The average Bonchev–Trinajstić information content (AvgIpc) is 2.66.